The second-order valence-corrected chi connectivity index (χ2v) is 8.86. The van der Waals surface area contributed by atoms with Gasteiger partial charge in [-0.2, -0.15) is 0 Å². The smallest absolute Gasteiger partial charge is 0.241 e. The van der Waals surface area contributed by atoms with Gasteiger partial charge in [-0.1, -0.05) is 12.1 Å². The summed E-state index contributed by atoms with van der Waals surface area (Å²) in [4.78, 5) is 17.9. The van der Waals surface area contributed by atoms with Crippen LogP contribution in [0.5, 0.6) is 0 Å². The third-order valence-corrected chi connectivity index (χ3v) is 5.32. The number of primary sulfonamides is 1. The van der Waals surface area contributed by atoms with Crippen LogP contribution >= 0.6 is 0 Å². The first-order valence-corrected chi connectivity index (χ1v) is 11.2. The molecule has 10 heteroatoms. The summed E-state index contributed by atoms with van der Waals surface area (Å²) >= 11 is 0. The Bertz CT molecular complexity index is 789. The molecule has 0 bridgehead atoms. The molecule has 1 saturated carbocycles. The molecule has 29 heavy (non-hydrogen) atoms. The van der Waals surface area contributed by atoms with Gasteiger partial charge in [-0.3, -0.25) is 4.79 Å². The Morgan fingerprint density at radius 1 is 1.24 bits per heavy atom. The summed E-state index contributed by atoms with van der Waals surface area (Å²) in [6.07, 6.45) is 3.38. The molecule has 1 amide bonds. The van der Waals surface area contributed by atoms with E-state index in [-0.39, 0.29) is 17.3 Å². The van der Waals surface area contributed by atoms with E-state index >= 15 is 0 Å². The zero-order chi connectivity index (χ0) is 21.3. The number of benzene rings is 1. The first-order chi connectivity index (χ1) is 13.8. The number of aliphatic imine (C=N–C) groups is 1. The highest BCUT2D eigenvalue weighted by molar-refractivity contribution is 7.89. The minimum atomic E-state index is -3.71. The second kappa shape index (κ2) is 11.1. The highest BCUT2D eigenvalue weighted by Gasteiger charge is 2.20. The third kappa shape index (κ3) is 9.25. The van der Waals surface area contributed by atoms with Crippen molar-refractivity contribution in [1.29, 1.82) is 0 Å². The van der Waals surface area contributed by atoms with Gasteiger partial charge in [0.25, 0.3) is 0 Å². The van der Waals surface area contributed by atoms with E-state index in [1.54, 1.807) is 26.2 Å². The van der Waals surface area contributed by atoms with E-state index in [1.165, 1.54) is 29.9 Å². The van der Waals surface area contributed by atoms with Crippen LogP contribution in [0.3, 0.4) is 0 Å². The number of amides is 1. The van der Waals surface area contributed by atoms with Crippen molar-refractivity contribution in [2.24, 2.45) is 16.0 Å². The maximum atomic E-state index is 11.8. The molecule has 1 aromatic rings. The summed E-state index contributed by atoms with van der Waals surface area (Å²) < 4.78 is 28.3. The number of rotatable bonds is 11. The molecule has 1 aromatic carbocycles. The van der Waals surface area contributed by atoms with Crippen LogP contribution in [0.2, 0.25) is 0 Å². The van der Waals surface area contributed by atoms with Crippen LogP contribution in [0.15, 0.2) is 34.2 Å². The normalized spacial score (nSPS) is 14.5. The maximum absolute atomic E-state index is 11.8. The fraction of sp³-hybridized carbons (Fsp3) is 0.579. The van der Waals surface area contributed by atoms with Crippen LogP contribution in [0.1, 0.15) is 24.8 Å². The van der Waals surface area contributed by atoms with Gasteiger partial charge >= 0.3 is 0 Å². The fourth-order valence-electron chi connectivity index (χ4n) is 2.36. The van der Waals surface area contributed by atoms with Crippen molar-refractivity contribution in [1.82, 2.24) is 15.5 Å². The highest BCUT2D eigenvalue weighted by Crippen LogP contribution is 2.28. The molecule has 0 radical (unpaired) electrons. The Hall–Kier alpha value is -2.17. The largest absolute Gasteiger partial charge is 0.381 e. The van der Waals surface area contributed by atoms with Gasteiger partial charge in [0.2, 0.25) is 15.9 Å². The number of nitrogens with one attached hydrogen (secondary N) is 2. The van der Waals surface area contributed by atoms with Crippen molar-refractivity contribution in [2.45, 2.75) is 30.7 Å². The summed E-state index contributed by atoms with van der Waals surface area (Å²) in [6.45, 7) is 2.64. The van der Waals surface area contributed by atoms with Gasteiger partial charge in [0.05, 0.1) is 18.0 Å². The zero-order valence-corrected chi connectivity index (χ0v) is 17.9. The summed E-state index contributed by atoms with van der Waals surface area (Å²) in [5.74, 6) is 1.20. The summed E-state index contributed by atoms with van der Waals surface area (Å²) in [5, 5.41) is 11.3. The van der Waals surface area contributed by atoms with Crippen LogP contribution in [0, 0.1) is 5.92 Å². The molecule has 1 aliphatic carbocycles. The number of hydrogen-bond donors (Lipinski definition) is 3. The van der Waals surface area contributed by atoms with Crippen molar-refractivity contribution >= 4 is 21.9 Å². The standard InChI is InChI=1S/C19H31N5O4S/c1-24(2)18(25)13-23-19(21-10-3-11-28-14-16-4-5-16)22-12-15-6-8-17(9-7-15)29(20,26)27/h6-9,16H,3-5,10-14H2,1-2H3,(H2,20,26,27)(H2,21,22,23). The molecule has 4 N–H and O–H groups in total. The summed E-state index contributed by atoms with van der Waals surface area (Å²) in [6, 6.07) is 6.23. The van der Waals surface area contributed by atoms with Crippen molar-refractivity contribution in [2.75, 3.05) is 40.4 Å². The molecule has 1 aliphatic rings. The van der Waals surface area contributed by atoms with Crippen molar-refractivity contribution in [3.8, 4) is 0 Å². The molecule has 0 atom stereocenters. The average Bonchev–Trinajstić information content (AvgIpc) is 3.49. The van der Waals surface area contributed by atoms with Crippen molar-refractivity contribution in [3.63, 3.8) is 0 Å². The SMILES string of the molecule is CN(C)C(=O)CNC(=NCc1ccc(S(N)(=O)=O)cc1)NCCCOCC1CC1. The predicted molar refractivity (Wildman–Crippen MR) is 112 cm³/mol. The minimum Gasteiger partial charge on any atom is -0.381 e. The molecular formula is C19H31N5O4S. The number of nitrogens with two attached hydrogens (primary N) is 1. The maximum Gasteiger partial charge on any atom is 0.241 e. The van der Waals surface area contributed by atoms with Crippen LogP contribution < -0.4 is 15.8 Å². The van der Waals surface area contributed by atoms with Gasteiger partial charge in [-0.25, -0.2) is 18.5 Å². The van der Waals surface area contributed by atoms with Gasteiger partial charge in [0, 0.05) is 33.9 Å². The van der Waals surface area contributed by atoms with E-state index in [0.29, 0.717) is 25.7 Å². The number of carbonyl (C=O) groups is 1. The van der Waals surface area contributed by atoms with Gasteiger partial charge in [-0.15, -0.1) is 0 Å². The van der Waals surface area contributed by atoms with Gasteiger partial charge < -0.3 is 20.3 Å². The van der Waals surface area contributed by atoms with Crippen LogP contribution in [-0.2, 0) is 26.1 Å². The molecule has 0 aromatic heterocycles. The lowest BCUT2D eigenvalue weighted by Crippen LogP contribution is -2.43. The van der Waals surface area contributed by atoms with Crippen LogP contribution in [-0.4, -0.2) is 65.6 Å². The molecule has 9 nitrogen and oxygen atoms in total. The molecule has 1 fully saturated rings. The second-order valence-electron chi connectivity index (χ2n) is 7.29. The molecular weight excluding hydrogens is 394 g/mol. The summed E-state index contributed by atoms with van der Waals surface area (Å²) in [7, 11) is -0.327. The number of carbonyl (C=O) groups excluding carboxylic acids is 1. The van der Waals surface area contributed by atoms with E-state index in [9.17, 15) is 13.2 Å². The lowest BCUT2D eigenvalue weighted by Gasteiger charge is -2.15. The Morgan fingerprint density at radius 2 is 1.93 bits per heavy atom. The van der Waals surface area contributed by atoms with Gasteiger partial charge in [0.15, 0.2) is 5.96 Å². The van der Waals surface area contributed by atoms with Gasteiger partial charge in [-0.05, 0) is 42.9 Å². The lowest BCUT2D eigenvalue weighted by molar-refractivity contribution is -0.127. The first-order valence-electron chi connectivity index (χ1n) is 9.67. The molecule has 0 heterocycles. The van der Waals surface area contributed by atoms with Crippen LogP contribution in [0.4, 0.5) is 0 Å². The Morgan fingerprint density at radius 3 is 2.52 bits per heavy atom. The number of likely N-dealkylation sites (N-methyl/N-ethyl adjacent to an activating group) is 1. The molecule has 0 unspecified atom stereocenters. The van der Waals surface area contributed by atoms with E-state index in [1.807, 2.05) is 0 Å². The third-order valence-electron chi connectivity index (χ3n) is 4.39. The van der Waals surface area contributed by atoms with E-state index < -0.39 is 10.0 Å². The number of sulfonamides is 1. The van der Waals surface area contributed by atoms with E-state index in [0.717, 1.165) is 24.5 Å². The average molecular weight is 426 g/mol. The van der Waals surface area contributed by atoms with Crippen LogP contribution in [0.25, 0.3) is 0 Å². The van der Waals surface area contributed by atoms with E-state index in [4.69, 9.17) is 9.88 Å². The molecule has 0 aliphatic heterocycles. The van der Waals surface area contributed by atoms with Crippen molar-refractivity contribution in [3.05, 3.63) is 29.8 Å². The number of ether oxygens (including phenoxy) is 1. The number of nitrogens with zero attached hydrogens (tertiary/aromatic N) is 2. The molecule has 0 saturated heterocycles. The lowest BCUT2D eigenvalue weighted by atomic mass is 10.2. The summed E-state index contributed by atoms with van der Waals surface area (Å²) in [5.41, 5.74) is 0.824. The monoisotopic (exact) mass is 425 g/mol. The molecule has 0 spiro atoms. The van der Waals surface area contributed by atoms with Crippen molar-refractivity contribution < 1.29 is 17.9 Å². The minimum absolute atomic E-state index is 0.0597. The zero-order valence-electron chi connectivity index (χ0n) is 17.1. The Kier molecular flexibility index (Phi) is 8.87. The molecule has 2 rings (SSSR count). The Labute approximate surface area is 172 Å². The first kappa shape index (κ1) is 23.1. The highest BCUT2D eigenvalue weighted by atomic mass is 32.2. The predicted octanol–water partition coefficient (Wildman–Crippen LogP) is 0.274. The fourth-order valence-corrected chi connectivity index (χ4v) is 2.88. The number of guanidine groups is 1. The molecule has 162 valence electrons. The number of hydrogen-bond acceptors (Lipinski definition) is 5. The van der Waals surface area contributed by atoms with Gasteiger partial charge in [0.1, 0.15) is 0 Å². The Balaban J connectivity index is 1.86. The quantitative estimate of drug-likeness (QED) is 0.265. The topological polar surface area (TPSA) is 126 Å². The van der Waals surface area contributed by atoms with E-state index in [2.05, 4.69) is 15.6 Å².